The van der Waals surface area contributed by atoms with E-state index in [1.807, 2.05) is 25.1 Å². The lowest BCUT2D eigenvalue weighted by molar-refractivity contribution is -0.384. The van der Waals surface area contributed by atoms with Crippen LogP contribution in [-0.2, 0) is 0 Å². The summed E-state index contributed by atoms with van der Waals surface area (Å²) in [4.78, 5) is 26.9. The molecule has 2 aromatic carbocycles. The fraction of sp³-hybridized carbons (Fsp3) is 0.0588. The molecule has 3 rings (SSSR count). The van der Waals surface area contributed by atoms with Crippen LogP contribution in [0.25, 0.3) is 10.9 Å². The zero-order valence-electron chi connectivity index (χ0n) is 12.5. The van der Waals surface area contributed by atoms with Crippen LogP contribution in [0.1, 0.15) is 16.1 Å². The molecule has 0 aliphatic heterocycles. The molecule has 3 aromatic rings. The lowest BCUT2D eigenvalue weighted by atomic mass is 10.2. The number of esters is 1. The first-order valence-corrected chi connectivity index (χ1v) is 7.36. The number of carbonyl (C=O) groups excluding carboxylic acids is 1. The molecule has 120 valence electrons. The maximum Gasteiger partial charge on any atom is 0.345 e. The molecule has 0 unspecified atom stereocenters. The summed E-state index contributed by atoms with van der Waals surface area (Å²) in [6.45, 7) is 1.84. The fourth-order valence-corrected chi connectivity index (χ4v) is 2.49. The molecule has 0 bridgehead atoms. The number of carbonyl (C=O) groups is 1. The van der Waals surface area contributed by atoms with Crippen LogP contribution >= 0.6 is 11.6 Å². The molecule has 0 saturated carbocycles. The molecule has 0 saturated heterocycles. The van der Waals surface area contributed by atoms with Crippen LogP contribution in [-0.4, -0.2) is 15.9 Å². The number of halogens is 1. The normalized spacial score (nSPS) is 10.6. The number of non-ortho nitro benzene ring substituents is 1. The van der Waals surface area contributed by atoms with Crippen LogP contribution in [0.2, 0.25) is 5.02 Å². The molecular weight excluding hydrogens is 332 g/mol. The fourth-order valence-electron chi connectivity index (χ4n) is 2.24. The Balaban J connectivity index is 1.96. The summed E-state index contributed by atoms with van der Waals surface area (Å²) in [7, 11) is 0. The van der Waals surface area contributed by atoms with Crippen molar-refractivity contribution in [1.29, 1.82) is 0 Å². The molecule has 6 nitrogen and oxygen atoms in total. The predicted octanol–water partition coefficient (Wildman–Crippen LogP) is 4.32. The van der Waals surface area contributed by atoms with E-state index in [1.165, 1.54) is 12.1 Å². The second-order valence-corrected chi connectivity index (χ2v) is 5.50. The second kappa shape index (κ2) is 6.25. The summed E-state index contributed by atoms with van der Waals surface area (Å²) >= 11 is 5.96. The van der Waals surface area contributed by atoms with Gasteiger partial charge in [-0.25, -0.2) is 9.78 Å². The number of fused-ring (bicyclic) bond motifs is 1. The van der Waals surface area contributed by atoms with Gasteiger partial charge in [-0.05, 0) is 25.1 Å². The number of hydrogen-bond acceptors (Lipinski definition) is 5. The van der Waals surface area contributed by atoms with Gasteiger partial charge in [0, 0.05) is 23.2 Å². The monoisotopic (exact) mass is 342 g/mol. The number of nitro groups is 1. The van der Waals surface area contributed by atoms with Gasteiger partial charge in [0.15, 0.2) is 5.75 Å². The number of pyridine rings is 1. The zero-order valence-corrected chi connectivity index (χ0v) is 13.3. The Hall–Kier alpha value is -2.99. The molecule has 0 amide bonds. The topological polar surface area (TPSA) is 82.3 Å². The molecule has 1 aromatic heterocycles. The maximum atomic E-state index is 12.3. The molecular formula is C17H11ClN2O4. The van der Waals surface area contributed by atoms with Gasteiger partial charge < -0.3 is 4.74 Å². The van der Waals surface area contributed by atoms with Crippen LogP contribution < -0.4 is 4.74 Å². The second-order valence-electron chi connectivity index (χ2n) is 5.09. The summed E-state index contributed by atoms with van der Waals surface area (Å²) in [6, 6.07) is 12.6. The quantitative estimate of drug-likeness (QED) is 0.306. The van der Waals surface area contributed by atoms with E-state index >= 15 is 0 Å². The van der Waals surface area contributed by atoms with Crippen LogP contribution in [0.3, 0.4) is 0 Å². The summed E-state index contributed by atoms with van der Waals surface area (Å²) in [5.41, 5.74) is 1.20. The third-order valence-corrected chi connectivity index (χ3v) is 3.72. The highest BCUT2D eigenvalue weighted by Crippen LogP contribution is 2.27. The van der Waals surface area contributed by atoms with Crippen molar-refractivity contribution in [2.75, 3.05) is 0 Å². The van der Waals surface area contributed by atoms with Crippen molar-refractivity contribution in [3.63, 3.8) is 0 Å². The van der Waals surface area contributed by atoms with Crippen molar-refractivity contribution in [2.45, 2.75) is 6.92 Å². The first-order valence-electron chi connectivity index (χ1n) is 6.98. The van der Waals surface area contributed by atoms with E-state index in [2.05, 4.69) is 4.98 Å². The van der Waals surface area contributed by atoms with Gasteiger partial charge >= 0.3 is 5.97 Å². The largest absolute Gasteiger partial charge is 0.421 e. The molecule has 0 N–H and O–H groups in total. The predicted molar refractivity (Wildman–Crippen MR) is 89.5 cm³/mol. The van der Waals surface area contributed by atoms with Gasteiger partial charge in [0.25, 0.3) is 5.69 Å². The molecule has 0 radical (unpaired) electrons. The standard InChI is InChI=1S/C17H11ClN2O4/c1-10-5-6-11-3-2-4-15(16(11)19-10)24-17(21)13-8-7-12(20(22)23)9-14(13)18/h2-9H,1H3. The average Bonchev–Trinajstić information content (AvgIpc) is 2.55. The Morgan fingerprint density at radius 2 is 2.00 bits per heavy atom. The number of nitro benzene ring substituents is 1. The van der Waals surface area contributed by atoms with Crippen molar-refractivity contribution in [3.05, 3.63) is 74.9 Å². The molecule has 0 spiro atoms. The number of benzene rings is 2. The van der Waals surface area contributed by atoms with Crippen molar-refractivity contribution in [1.82, 2.24) is 4.98 Å². The third-order valence-electron chi connectivity index (χ3n) is 3.41. The zero-order chi connectivity index (χ0) is 17.3. The van der Waals surface area contributed by atoms with E-state index in [1.54, 1.807) is 12.1 Å². The number of aryl methyl sites for hydroxylation is 1. The number of para-hydroxylation sites is 1. The molecule has 24 heavy (non-hydrogen) atoms. The lowest BCUT2D eigenvalue weighted by Crippen LogP contribution is -2.10. The number of nitrogens with zero attached hydrogens (tertiary/aromatic N) is 2. The van der Waals surface area contributed by atoms with Gasteiger partial charge in [-0.3, -0.25) is 10.1 Å². The minimum Gasteiger partial charge on any atom is -0.421 e. The van der Waals surface area contributed by atoms with Crippen LogP contribution in [0, 0.1) is 17.0 Å². The van der Waals surface area contributed by atoms with E-state index < -0.39 is 10.9 Å². The van der Waals surface area contributed by atoms with E-state index in [9.17, 15) is 14.9 Å². The average molecular weight is 343 g/mol. The molecule has 0 fully saturated rings. The van der Waals surface area contributed by atoms with Crippen LogP contribution in [0.4, 0.5) is 5.69 Å². The van der Waals surface area contributed by atoms with Crippen molar-refractivity contribution >= 4 is 34.2 Å². The summed E-state index contributed by atoms with van der Waals surface area (Å²) < 4.78 is 5.39. The molecule has 0 aliphatic carbocycles. The van der Waals surface area contributed by atoms with E-state index in [0.717, 1.165) is 17.1 Å². The number of rotatable bonds is 3. The molecule has 0 atom stereocenters. The van der Waals surface area contributed by atoms with Crippen molar-refractivity contribution in [3.8, 4) is 5.75 Å². The van der Waals surface area contributed by atoms with E-state index in [-0.39, 0.29) is 16.3 Å². The Labute approximate surface area is 141 Å². The summed E-state index contributed by atoms with van der Waals surface area (Å²) in [6.07, 6.45) is 0. The van der Waals surface area contributed by atoms with Gasteiger partial charge in [-0.1, -0.05) is 29.8 Å². The van der Waals surface area contributed by atoms with Gasteiger partial charge in [-0.2, -0.15) is 0 Å². The maximum absolute atomic E-state index is 12.3. The van der Waals surface area contributed by atoms with Crippen molar-refractivity contribution < 1.29 is 14.5 Å². The number of hydrogen-bond donors (Lipinski definition) is 0. The van der Waals surface area contributed by atoms with Gasteiger partial charge in [0.1, 0.15) is 5.52 Å². The smallest absolute Gasteiger partial charge is 0.345 e. The summed E-state index contributed by atoms with van der Waals surface area (Å²) in [5.74, 6) is -0.402. The highest BCUT2D eigenvalue weighted by Gasteiger charge is 2.18. The third kappa shape index (κ3) is 3.04. The van der Waals surface area contributed by atoms with E-state index in [4.69, 9.17) is 16.3 Å². The molecule has 1 heterocycles. The number of ether oxygens (including phenoxy) is 1. The van der Waals surface area contributed by atoms with Gasteiger partial charge in [0.2, 0.25) is 0 Å². The SMILES string of the molecule is Cc1ccc2cccc(OC(=O)c3ccc([N+](=O)[O-])cc3Cl)c2n1. The van der Waals surface area contributed by atoms with Crippen molar-refractivity contribution in [2.24, 2.45) is 0 Å². The minimum absolute atomic E-state index is 0.0430. The highest BCUT2D eigenvalue weighted by molar-refractivity contribution is 6.33. The number of aromatic nitrogens is 1. The summed E-state index contributed by atoms with van der Waals surface area (Å²) in [5, 5.41) is 11.5. The highest BCUT2D eigenvalue weighted by atomic mass is 35.5. The van der Waals surface area contributed by atoms with Gasteiger partial charge in [0.05, 0.1) is 15.5 Å². The molecule has 0 aliphatic rings. The first-order chi connectivity index (χ1) is 11.5. The Kier molecular flexibility index (Phi) is 4.14. The Bertz CT molecular complexity index is 972. The lowest BCUT2D eigenvalue weighted by Gasteiger charge is -2.08. The first kappa shape index (κ1) is 15.9. The Morgan fingerprint density at radius 1 is 1.21 bits per heavy atom. The minimum atomic E-state index is -0.703. The Morgan fingerprint density at radius 3 is 2.71 bits per heavy atom. The molecule has 7 heteroatoms. The van der Waals surface area contributed by atoms with E-state index in [0.29, 0.717) is 11.3 Å². The van der Waals surface area contributed by atoms with Crippen LogP contribution in [0.5, 0.6) is 5.75 Å². The van der Waals surface area contributed by atoms with Gasteiger partial charge in [-0.15, -0.1) is 0 Å². The van der Waals surface area contributed by atoms with Crippen LogP contribution in [0.15, 0.2) is 48.5 Å².